The highest BCUT2D eigenvalue weighted by atomic mass is 16.2. The predicted molar refractivity (Wildman–Crippen MR) is 157 cm³/mol. The van der Waals surface area contributed by atoms with Crippen molar-refractivity contribution in [2.75, 3.05) is 19.6 Å². The molecule has 3 rings (SSSR count). The Morgan fingerprint density at radius 2 is 1.38 bits per heavy atom. The van der Waals surface area contributed by atoms with E-state index in [1.54, 1.807) is 24.3 Å². The first-order valence-electron chi connectivity index (χ1n) is 14.0. The predicted octanol–water partition coefficient (Wildman–Crippen LogP) is 5.81. The minimum absolute atomic E-state index is 0.0129. The molecule has 0 spiro atoms. The zero-order valence-electron chi connectivity index (χ0n) is 23.4. The van der Waals surface area contributed by atoms with Crippen molar-refractivity contribution in [3.8, 4) is 0 Å². The Labute approximate surface area is 232 Å². The molecular weight excluding hydrogens is 486 g/mol. The Balaban J connectivity index is 1.65. The summed E-state index contributed by atoms with van der Waals surface area (Å²) >= 11 is 0. The fourth-order valence-corrected chi connectivity index (χ4v) is 4.70. The van der Waals surface area contributed by atoms with E-state index in [0.29, 0.717) is 43.7 Å². The van der Waals surface area contributed by atoms with Crippen molar-refractivity contribution in [2.24, 2.45) is 5.92 Å². The van der Waals surface area contributed by atoms with Gasteiger partial charge in [-0.1, -0.05) is 87.5 Å². The van der Waals surface area contributed by atoms with E-state index >= 15 is 0 Å². The third-order valence-electron chi connectivity index (χ3n) is 6.82. The molecule has 39 heavy (non-hydrogen) atoms. The summed E-state index contributed by atoms with van der Waals surface area (Å²) in [6.45, 7) is 8.28. The topological polar surface area (TPSA) is 78.5 Å². The molecule has 0 aromatic heterocycles. The monoisotopic (exact) mass is 527 g/mol. The molecule has 0 bridgehead atoms. The summed E-state index contributed by atoms with van der Waals surface area (Å²) in [4.78, 5) is 40.9. The second-order valence-electron chi connectivity index (χ2n) is 10.0. The molecule has 6 nitrogen and oxygen atoms in total. The summed E-state index contributed by atoms with van der Waals surface area (Å²) in [7, 11) is 0. The van der Waals surface area contributed by atoms with Crippen LogP contribution in [0, 0.1) is 5.92 Å². The van der Waals surface area contributed by atoms with Crippen LogP contribution in [0.4, 0.5) is 0 Å². The van der Waals surface area contributed by atoms with E-state index in [1.807, 2.05) is 72.5 Å². The summed E-state index contributed by atoms with van der Waals surface area (Å²) in [5.74, 6) is -0.571. The first-order chi connectivity index (χ1) is 18.9. The average Bonchev–Trinajstić information content (AvgIpc) is 2.98. The number of rotatable bonds is 14. The Kier molecular flexibility index (Phi) is 11.8. The molecule has 3 aromatic rings. The summed E-state index contributed by atoms with van der Waals surface area (Å²) in [6.07, 6.45) is 2.36. The number of amides is 3. The summed E-state index contributed by atoms with van der Waals surface area (Å²) < 4.78 is 0. The molecule has 0 aliphatic heterocycles. The standard InChI is InChI=1S/C33H41N3O3/c1-4-19-36(20-5-2)33(39)29-18-12-17-28(22-29)32(38)35-24-30(27-15-10-7-11-16-27)21-25(3)31(37)34-23-26-13-8-6-9-14-26/h6-18,22,25,30H,4-5,19-21,23-24H2,1-3H3,(H,34,37)(H,35,38)/t25?,30-/m0/s1. The van der Waals surface area contributed by atoms with Crippen molar-refractivity contribution < 1.29 is 14.4 Å². The molecule has 0 fully saturated rings. The molecule has 0 saturated heterocycles. The molecular formula is C33H41N3O3. The van der Waals surface area contributed by atoms with Gasteiger partial charge in [0.2, 0.25) is 5.91 Å². The lowest BCUT2D eigenvalue weighted by atomic mass is 9.89. The van der Waals surface area contributed by atoms with Gasteiger partial charge in [0.1, 0.15) is 0 Å². The Morgan fingerprint density at radius 1 is 0.769 bits per heavy atom. The SMILES string of the molecule is CCCN(CCC)C(=O)c1cccc(C(=O)NC[C@H](CC(C)C(=O)NCc2ccccc2)c2ccccc2)c1. The van der Waals surface area contributed by atoms with Crippen LogP contribution in [-0.2, 0) is 11.3 Å². The third-order valence-corrected chi connectivity index (χ3v) is 6.82. The van der Waals surface area contributed by atoms with Crippen molar-refractivity contribution in [3.63, 3.8) is 0 Å². The van der Waals surface area contributed by atoms with Crippen molar-refractivity contribution in [3.05, 3.63) is 107 Å². The molecule has 206 valence electrons. The van der Waals surface area contributed by atoms with E-state index in [0.717, 1.165) is 24.0 Å². The number of hydrogen-bond acceptors (Lipinski definition) is 3. The number of benzene rings is 3. The average molecular weight is 528 g/mol. The highest BCUT2D eigenvalue weighted by Gasteiger charge is 2.22. The van der Waals surface area contributed by atoms with Gasteiger partial charge in [0.05, 0.1) is 0 Å². The van der Waals surface area contributed by atoms with Crippen molar-refractivity contribution in [1.29, 1.82) is 0 Å². The zero-order valence-corrected chi connectivity index (χ0v) is 23.4. The highest BCUT2D eigenvalue weighted by molar-refractivity contribution is 5.99. The van der Waals surface area contributed by atoms with Gasteiger partial charge in [-0.3, -0.25) is 14.4 Å². The molecule has 0 aliphatic carbocycles. The fourth-order valence-electron chi connectivity index (χ4n) is 4.70. The van der Waals surface area contributed by atoms with Gasteiger partial charge in [-0.25, -0.2) is 0 Å². The minimum Gasteiger partial charge on any atom is -0.352 e. The van der Waals surface area contributed by atoms with Crippen molar-refractivity contribution in [1.82, 2.24) is 15.5 Å². The van der Waals surface area contributed by atoms with Crippen LogP contribution in [0.1, 0.15) is 77.8 Å². The lowest BCUT2D eigenvalue weighted by Gasteiger charge is -2.22. The molecule has 0 aliphatic rings. The lowest BCUT2D eigenvalue weighted by Crippen LogP contribution is -2.34. The molecule has 3 amide bonds. The number of carbonyl (C=O) groups excluding carboxylic acids is 3. The molecule has 2 atom stereocenters. The van der Waals surface area contributed by atoms with Crippen molar-refractivity contribution in [2.45, 2.75) is 52.5 Å². The summed E-state index contributed by atoms with van der Waals surface area (Å²) in [6, 6.07) is 26.7. The van der Waals surface area contributed by atoms with Crippen LogP contribution in [0.3, 0.4) is 0 Å². The Morgan fingerprint density at radius 3 is 2.03 bits per heavy atom. The Bertz CT molecular complexity index is 1190. The molecule has 1 unspecified atom stereocenters. The normalized spacial score (nSPS) is 12.3. The van der Waals surface area contributed by atoms with Gasteiger partial charge in [-0.2, -0.15) is 0 Å². The molecule has 2 N–H and O–H groups in total. The van der Waals surface area contributed by atoms with Crippen LogP contribution in [0.25, 0.3) is 0 Å². The van der Waals surface area contributed by atoms with Crippen LogP contribution in [-0.4, -0.2) is 42.3 Å². The summed E-state index contributed by atoms with van der Waals surface area (Å²) in [5.41, 5.74) is 3.10. The van der Waals surface area contributed by atoms with Gasteiger partial charge in [0.25, 0.3) is 11.8 Å². The van der Waals surface area contributed by atoms with E-state index < -0.39 is 0 Å². The van der Waals surface area contributed by atoms with Crippen LogP contribution in [0.5, 0.6) is 0 Å². The van der Waals surface area contributed by atoms with Crippen LogP contribution in [0.15, 0.2) is 84.9 Å². The van der Waals surface area contributed by atoms with Crippen LogP contribution < -0.4 is 10.6 Å². The van der Waals surface area contributed by atoms with Crippen molar-refractivity contribution >= 4 is 17.7 Å². The van der Waals surface area contributed by atoms with Gasteiger partial charge in [0.15, 0.2) is 0 Å². The molecule has 0 saturated carbocycles. The van der Waals surface area contributed by atoms with Gasteiger partial charge >= 0.3 is 0 Å². The maximum absolute atomic E-state index is 13.1. The smallest absolute Gasteiger partial charge is 0.253 e. The lowest BCUT2D eigenvalue weighted by molar-refractivity contribution is -0.125. The van der Waals surface area contributed by atoms with Gasteiger partial charge in [-0.15, -0.1) is 0 Å². The largest absolute Gasteiger partial charge is 0.352 e. The maximum Gasteiger partial charge on any atom is 0.253 e. The fraction of sp³-hybridized carbons (Fsp3) is 0.364. The third kappa shape index (κ3) is 9.10. The first kappa shape index (κ1) is 29.6. The maximum atomic E-state index is 13.1. The number of carbonyl (C=O) groups is 3. The van der Waals surface area contributed by atoms with Crippen LogP contribution in [0.2, 0.25) is 0 Å². The van der Waals surface area contributed by atoms with Crippen LogP contribution >= 0.6 is 0 Å². The van der Waals surface area contributed by atoms with E-state index in [2.05, 4.69) is 24.5 Å². The van der Waals surface area contributed by atoms with Gasteiger partial charge in [0, 0.05) is 49.1 Å². The van der Waals surface area contributed by atoms with E-state index in [9.17, 15) is 14.4 Å². The first-order valence-corrected chi connectivity index (χ1v) is 14.0. The van der Waals surface area contributed by atoms with Gasteiger partial charge < -0.3 is 15.5 Å². The Hall–Kier alpha value is -3.93. The van der Waals surface area contributed by atoms with E-state index in [4.69, 9.17) is 0 Å². The minimum atomic E-state index is -0.236. The zero-order chi connectivity index (χ0) is 28.0. The molecule has 6 heteroatoms. The molecule has 0 radical (unpaired) electrons. The summed E-state index contributed by atoms with van der Waals surface area (Å²) in [5, 5.41) is 6.08. The molecule has 0 heterocycles. The number of nitrogens with zero attached hydrogens (tertiary/aromatic N) is 1. The highest BCUT2D eigenvalue weighted by Crippen LogP contribution is 2.24. The number of nitrogens with one attached hydrogen (secondary N) is 2. The second-order valence-corrected chi connectivity index (χ2v) is 10.0. The number of hydrogen-bond donors (Lipinski definition) is 2. The van der Waals surface area contributed by atoms with E-state index in [1.165, 1.54) is 0 Å². The second kappa shape index (κ2) is 15.5. The molecule has 3 aromatic carbocycles. The quantitative estimate of drug-likeness (QED) is 0.278. The van der Waals surface area contributed by atoms with Gasteiger partial charge in [-0.05, 0) is 48.6 Å². The van der Waals surface area contributed by atoms with E-state index in [-0.39, 0.29) is 29.6 Å².